The molecule has 0 radical (unpaired) electrons. The Balaban J connectivity index is 1.82. The molecule has 2 N–H and O–H groups in total. The van der Waals surface area contributed by atoms with Gasteiger partial charge in [-0.05, 0) is 56.3 Å². The molecule has 100 valence electrons. The molecule has 0 saturated heterocycles. The van der Waals surface area contributed by atoms with Gasteiger partial charge in [0.25, 0.3) is 0 Å². The average Bonchev–Trinajstić information content (AvgIpc) is 3.18. The fraction of sp³-hybridized carbons (Fsp3) is 0.625. The lowest BCUT2D eigenvalue weighted by Crippen LogP contribution is -2.29. The number of nitrogens with zero attached hydrogens (tertiary/aromatic N) is 1. The normalized spacial score (nSPS) is 17.1. The van der Waals surface area contributed by atoms with Crippen LogP contribution in [0.4, 0.5) is 0 Å². The van der Waals surface area contributed by atoms with Crippen molar-refractivity contribution in [2.45, 2.75) is 39.2 Å². The molecule has 1 aromatic carbocycles. The lowest BCUT2D eigenvalue weighted by molar-refractivity contribution is 0.265. The minimum Gasteiger partial charge on any atom is -0.324 e. The minimum absolute atomic E-state index is 0.180. The van der Waals surface area contributed by atoms with Crippen LogP contribution in [0.2, 0.25) is 0 Å². The number of nitrogens with two attached hydrogens (primary N) is 1. The molecule has 1 aliphatic rings. The maximum absolute atomic E-state index is 6.32. The van der Waals surface area contributed by atoms with Gasteiger partial charge in [-0.1, -0.05) is 31.2 Å². The van der Waals surface area contributed by atoms with Crippen LogP contribution in [-0.2, 0) is 0 Å². The van der Waals surface area contributed by atoms with Gasteiger partial charge in [-0.25, -0.2) is 0 Å². The molecule has 0 spiro atoms. The second kappa shape index (κ2) is 6.35. The third-order valence-corrected chi connectivity index (χ3v) is 4.00. The zero-order valence-corrected chi connectivity index (χ0v) is 11.7. The van der Waals surface area contributed by atoms with E-state index in [1.54, 1.807) is 0 Å². The summed E-state index contributed by atoms with van der Waals surface area (Å²) >= 11 is 0. The van der Waals surface area contributed by atoms with Crippen molar-refractivity contribution in [1.82, 2.24) is 4.90 Å². The lowest BCUT2D eigenvalue weighted by atomic mass is 9.99. The molecule has 2 rings (SSSR count). The fourth-order valence-electron chi connectivity index (χ4n) is 2.52. The highest BCUT2D eigenvalue weighted by Gasteiger charge is 2.23. The Labute approximate surface area is 111 Å². The molecule has 0 aliphatic heterocycles. The molecule has 0 heterocycles. The van der Waals surface area contributed by atoms with Crippen LogP contribution in [0.25, 0.3) is 0 Å². The molecule has 0 amide bonds. The molecular formula is C16H26N2. The van der Waals surface area contributed by atoms with E-state index in [0.29, 0.717) is 0 Å². The minimum atomic E-state index is 0.180. The van der Waals surface area contributed by atoms with E-state index in [-0.39, 0.29) is 6.04 Å². The average molecular weight is 246 g/mol. The van der Waals surface area contributed by atoms with Gasteiger partial charge in [-0.3, -0.25) is 0 Å². The van der Waals surface area contributed by atoms with Gasteiger partial charge < -0.3 is 10.6 Å². The van der Waals surface area contributed by atoms with Crippen molar-refractivity contribution in [3.63, 3.8) is 0 Å². The molecule has 1 atom stereocenters. The monoisotopic (exact) mass is 246 g/mol. The van der Waals surface area contributed by atoms with Crippen LogP contribution in [0.15, 0.2) is 24.3 Å². The first-order valence-electron chi connectivity index (χ1n) is 7.24. The Hall–Kier alpha value is -0.860. The summed E-state index contributed by atoms with van der Waals surface area (Å²) in [6, 6.07) is 8.66. The summed E-state index contributed by atoms with van der Waals surface area (Å²) in [5, 5.41) is 0. The summed E-state index contributed by atoms with van der Waals surface area (Å²) in [4.78, 5) is 2.55. The Morgan fingerprint density at radius 2 is 2.06 bits per heavy atom. The van der Waals surface area contributed by atoms with E-state index in [1.165, 1.54) is 30.5 Å². The number of rotatable bonds is 7. The predicted molar refractivity (Wildman–Crippen MR) is 77.6 cm³/mol. The van der Waals surface area contributed by atoms with Crippen LogP contribution in [0.1, 0.15) is 43.4 Å². The first kappa shape index (κ1) is 13.6. The van der Waals surface area contributed by atoms with Crippen molar-refractivity contribution in [3.8, 4) is 0 Å². The van der Waals surface area contributed by atoms with Crippen LogP contribution in [0.3, 0.4) is 0 Å². The molecule has 18 heavy (non-hydrogen) atoms. The van der Waals surface area contributed by atoms with Crippen LogP contribution in [0, 0.1) is 12.8 Å². The van der Waals surface area contributed by atoms with Gasteiger partial charge in [-0.2, -0.15) is 0 Å². The fourth-order valence-corrected chi connectivity index (χ4v) is 2.52. The van der Waals surface area contributed by atoms with Gasteiger partial charge in [0.1, 0.15) is 0 Å². The molecule has 1 saturated carbocycles. The maximum atomic E-state index is 6.32. The van der Waals surface area contributed by atoms with Crippen molar-refractivity contribution in [1.29, 1.82) is 0 Å². The Bertz CT molecular complexity index is 371. The van der Waals surface area contributed by atoms with Gasteiger partial charge in [0.2, 0.25) is 0 Å². The van der Waals surface area contributed by atoms with Crippen molar-refractivity contribution in [3.05, 3.63) is 35.4 Å². The van der Waals surface area contributed by atoms with E-state index in [1.807, 2.05) is 0 Å². The van der Waals surface area contributed by atoms with Crippen molar-refractivity contribution in [2.75, 3.05) is 19.6 Å². The van der Waals surface area contributed by atoms with Crippen LogP contribution >= 0.6 is 0 Å². The molecule has 1 unspecified atom stereocenters. The van der Waals surface area contributed by atoms with E-state index < -0.39 is 0 Å². The number of hydrogen-bond donors (Lipinski definition) is 1. The van der Waals surface area contributed by atoms with Gasteiger partial charge in [0, 0.05) is 12.6 Å². The van der Waals surface area contributed by atoms with E-state index in [9.17, 15) is 0 Å². The molecule has 1 aliphatic carbocycles. The largest absolute Gasteiger partial charge is 0.324 e. The first-order chi connectivity index (χ1) is 8.70. The third kappa shape index (κ3) is 3.82. The SMILES string of the molecule is CCN(CCC(N)c1ccccc1C)CC1CC1. The highest BCUT2D eigenvalue weighted by Crippen LogP contribution is 2.30. The van der Waals surface area contributed by atoms with Crippen LogP contribution in [0.5, 0.6) is 0 Å². The van der Waals surface area contributed by atoms with Crippen molar-refractivity contribution < 1.29 is 0 Å². The third-order valence-electron chi connectivity index (χ3n) is 4.00. The number of hydrogen-bond acceptors (Lipinski definition) is 2. The Morgan fingerprint density at radius 3 is 2.67 bits per heavy atom. The van der Waals surface area contributed by atoms with E-state index in [0.717, 1.165) is 25.4 Å². The predicted octanol–water partition coefficient (Wildman–Crippen LogP) is 3.12. The Morgan fingerprint density at radius 1 is 1.33 bits per heavy atom. The van der Waals surface area contributed by atoms with Gasteiger partial charge >= 0.3 is 0 Å². The quantitative estimate of drug-likeness (QED) is 0.801. The van der Waals surface area contributed by atoms with E-state index in [4.69, 9.17) is 5.73 Å². The molecular weight excluding hydrogens is 220 g/mol. The van der Waals surface area contributed by atoms with E-state index >= 15 is 0 Å². The maximum Gasteiger partial charge on any atom is 0.0309 e. The molecule has 1 aromatic rings. The van der Waals surface area contributed by atoms with E-state index in [2.05, 4.69) is 43.0 Å². The number of benzene rings is 1. The van der Waals surface area contributed by atoms with Gasteiger partial charge in [0.05, 0.1) is 0 Å². The summed E-state index contributed by atoms with van der Waals surface area (Å²) in [7, 11) is 0. The summed E-state index contributed by atoms with van der Waals surface area (Å²) in [5.41, 5.74) is 8.94. The van der Waals surface area contributed by atoms with Crippen molar-refractivity contribution >= 4 is 0 Å². The first-order valence-corrected chi connectivity index (χ1v) is 7.24. The highest BCUT2D eigenvalue weighted by molar-refractivity contribution is 5.28. The molecule has 1 fully saturated rings. The summed E-state index contributed by atoms with van der Waals surface area (Å²) < 4.78 is 0. The standard InChI is InChI=1S/C16H26N2/c1-3-18(12-14-8-9-14)11-10-16(17)15-7-5-4-6-13(15)2/h4-7,14,16H,3,8-12,17H2,1-2H3. The van der Waals surface area contributed by atoms with Gasteiger partial charge in [-0.15, -0.1) is 0 Å². The highest BCUT2D eigenvalue weighted by atomic mass is 15.1. The molecule has 2 nitrogen and oxygen atoms in total. The zero-order valence-electron chi connectivity index (χ0n) is 11.7. The lowest BCUT2D eigenvalue weighted by Gasteiger charge is -2.23. The van der Waals surface area contributed by atoms with Crippen LogP contribution in [-0.4, -0.2) is 24.5 Å². The zero-order chi connectivity index (χ0) is 13.0. The molecule has 0 aromatic heterocycles. The second-order valence-electron chi connectivity index (χ2n) is 5.59. The van der Waals surface area contributed by atoms with Crippen molar-refractivity contribution in [2.24, 2.45) is 11.7 Å². The van der Waals surface area contributed by atoms with Crippen LogP contribution < -0.4 is 5.73 Å². The molecule has 2 heteroatoms. The van der Waals surface area contributed by atoms with Gasteiger partial charge in [0.15, 0.2) is 0 Å². The Kier molecular flexibility index (Phi) is 4.79. The summed E-state index contributed by atoms with van der Waals surface area (Å²) in [6.45, 7) is 7.95. The second-order valence-corrected chi connectivity index (χ2v) is 5.59. The summed E-state index contributed by atoms with van der Waals surface area (Å²) in [5.74, 6) is 0.972. The summed E-state index contributed by atoms with van der Waals surface area (Å²) in [6.07, 6.45) is 3.92. The smallest absolute Gasteiger partial charge is 0.0309 e. The topological polar surface area (TPSA) is 29.3 Å². The molecule has 0 bridgehead atoms. The number of aryl methyl sites for hydroxylation is 1.